The number of aliphatic hydroxyl groups is 1. The molecule has 0 saturated carbocycles. The number of ether oxygens (including phenoxy) is 4. The van der Waals surface area contributed by atoms with Crippen LogP contribution in [0.4, 0.5) is 0 Å². The molecule has 0 aromatic carbocycles. The SMILES string of the molecule is CCCCCCCCCCCCCCCCC(=O)OC[C@H](COP(=O)(O)OC[C@@H](O)COP(=O)(O)OC[C@@H](COC(=O)CCCCCCCCCCCCC)OC(=O)CCCCCCCCCCCCC)OC(=O)CCCCCCCCCCCCCCC(C)C. The van der Waals surface area contributed by atoms with E-state index in [2.05, 4.69) is 34.6 Å². The lowest BCUT2D eigenvalue weighted by Crippen LogP contribution is -2.30. The van der Waals surface area contributed by atoms with Gasteiger partial charge in [-0.2, -0.15) is 0 Å². The van der Waals surface area contributed by atoms with Gasteiger partial charge in [0.05, 0.1) is 26.4 Å². The number of phosphoric ester groups is 2. The standard InChI is InChI=1S/C72H140O17P2/c1-6-9-12-15-18-21-24-25-26-32-36-41-46-51-56-70(75)83-62-68(89-72(77)58-53-48-43-38-33-28-27-31-34-39-44-49-54-65(4)5)64-87-91(80,81)85-60-66(73)59-84-90(78,79)86-63-67(88-71(76)57-52-47-42-37-30-23-20-17-14-11-8-3)61-82-69(74)55-50-45-40-35-29-22-19-16-13-10-7-2/h65-68,73H,6-64H2,1-5H3,(H,78,79)(H,80,81)/t66-,67+,68+/m0/s1. The minimum absolute atomic E-state index is 0.107. The van der Waals surface area contributed by atoms with Crippen molar-refractivity contribution in [2.24, 2.45) is 5.92 Å². The summed E-state index contributed by atoms with van der Waals surface area (Å²) < 4.78 is 68.4. The summed E-state index contributed by atoms with van der Waals surface area (Å²) in [4.78, 5) is 72.6. The molecule has 0 amide bonds. The Kier molecular flexibility index (Phi) is 64.0. The zero-order chi connectivity index (χ0) is 67.0. The Bertz CT molecular complexity index is 1750. The second kappa shape index (κ2) is 65.4. The normalized spacial score (nSPS) is 14.0. The molecule has 0 aliphatic rings. The Morgan fingerprint density at radius 2 is 0.505 bits per heavy atom. The van der Waals surface area contributed by atoms with E-state index in [-0.39, 0.29) is 25.7 Å². The van der Waals surface area contributed by atoms with Crippen LogP contribution in [0.2, 0.25) is 0 Å². The van der Waals surface area contributed by atoms with E-state index < -0.39 is 97.5 Å². The van der Waals surface area contributed by atoms with Crippen LogP contribution in [0.1, 0.15) is 375 Å². The van der Waals surface area contributed by atoms with E-state index >= 15 is 0 Å². The average Bonchev–Trinajstić information content (AvgIpc) is 3.22. The number of unbranched alkanes of at least 4 members (excludes halogenated alkanes) is 44. The van der Waals surface area contributed by atoms with Crippen molar-refractivity contribution in [3.05, 3.63) is 0 Å². The van der Waals surface area contributed by atoms with Crippen LogP contribution in [-0.2, 0) is 65.4 Å². The van der Waals surface area contributed by atoms with Crippen molar-refractivity contribution in [2.45, 2.75) is 393 Å². The van der Waals surface area contributed by atoms with Crippen LogP contribution in [0.25, 0.3) is 0 Å². The van der Waals surface area contributed by atoms with Gasteiger partial charge in [0.2, 0.25) is 0 Å². The molecule has 0 aromatic rings. The maximum atomic E-state index is 13.0. The predicted octanol–water partition coefficient (Wildman–Crippen LogP) is 20.9. The molecule has 0 spiro atoms. The fourth-order valence-corrected chi connectivity index (χ4v) is 12.6. The van der Waals surface area contributed by atoms with Gasteiger partial charge in [-0.25, -0.2) is 9.13 Å². The van der Waals surface area contributed by atoms with Crippen LogP contribution >= 0.6 is 15.6 Å². The van der Waals surface area contributed by atoms with E-state index in [4.69, 9.17) is 37.0 Å². The van der Waals surface area contributed by atoms with Crippen molar-refractivity contribution >= 4 is 39.5 Å². The smallest absolute Gasteiger partial charge is 0.462 e. The largest absolute Gasteiger partial charge is 0.472 e. The van der Waals surface area contributed by atoms with Gasteiger partial charge in [0.1, 0.15) is 19.3 Å². The van der Waals surface area contributed by atoms with E-state index in [0.29, 0.717) is 25.7 Å². The van der Waals surface area contributed by atoms with Crippen molar-refractivity contribution in [1.82, 2.24) is 0 Å². The molecule has 0 aliphatic carbocycles. The minimum atomic E-state index is -4.95. The first-order valence-electron chi connectivity index (χ1n) is 37.6. The maximum absolute atomic E-state index is 13.0. The summed E-state index contributed by atoms with van der Waals surface area (Å²) in [6, 6.07) is 0. The highest BCUT2D eigenvalue weighted by Crippen LogP contribution is 2.45. The Labute approximate surface area is 556 Å². The van der Waals surface area contributed by atoms with Crippen LogP contribution in [-0.4, -0.2) is 96.7 Å². The number of rotatable bonds is 72. The van der Waals surface area contributed by atoms with Gasteiger partial charge in [-0.3, -0.25) is 37.3 Å². The van der Waals surface area contributed by atoms with Gasteiger partial charge in [0.25, 0.3) is 0 Å². The van der Waals surface area contributed by atoms with Gasteiger partial charge in [-0.15, -0.1) is 0 Å². The Balaban J connectivity index is 5.25. The molecule has 2 unspecified atom stereocenters. The summed E-state index contributed by atoms with van der Waals surface area (Å²) in [7, 11) is -9.90. The molecular weight excluding hydrogens is 1200 g/mol. The molecule has 0 radical (unpaired) electrons. The maximum Gasteiger partial charge on any atom is 0.472 e. The monoisotopic (exact) mass is 1340 g/mol. The lowest BCUT2D eigenvalue weighted by molar-refractivity contribution is -0.161. The van der Waals surface area contributed by atoms with Crippen molar-refractivity contribution < 1.29 is 80.2 Å². The van der Waals surface area contributed by atoms with Gasteiger partial charge in [0.15, 0.2) is 12.2 Å². The van der Waals surface area contributed by atoms with Crippen LogP contribution in [0.3, 0.4) is 0 Å². The van der Waals surface area contributed by atoms with Gasteiger partial charge in [-0.05, 0) is 31.6 Å². The van der Waals surface area contributed by atoms with E-state index in [1.807, 2.05) is 0 Å². The van der Waals surface area contributed by atoms with Crippen LogP contribution in [0.15, 0.2) is 0 Å². The third-order valence-corrected chi connectivity index (χ3v) is 18.7. The molecule has 0 aromatic heterocycles. The second-order valence-corrected chi connectivity index (χ2v) is 29.4. The third-order valence-electron chi connectivity index (χ3n) is 16.8. The fraction of sp³-hybridized carbons (Fsp3) is 0.944. The van der Waals surface area contributed by atoms with Gasteiger partial charge < -0.3 is 33.8 Å². The van der Waals surface area contributed by atoms with Gasteiger partial charge in [0, 0.05) is 25.7 Å². The molecule has 0 heterocycles. The first-order chi connectivity index (χ1) is 44.0. The van der Waals surface area contributed by atoms with Crippen molar-refractivity contribution in [1.29, 1.82) is 0 Å². The number of aliphatic hydroxyl groups excluding tert-OH is 1. The molecule has 0 rings (SSSR count). The lowest BCUT2D eigenvalue weighted by atomic mass is 10.0. The number of esters is 4. The molecular formula is C72H140O17P2. The molecule has 540 valence electrons. The molecule has 91 heavy (non-hydrogen) atoms. The lowest BCUT2D eigenvalue weighted by Gasteiger charge is -2.21. The van der Waals surface area contributed by atoms with Crippen LogP contribution in [0, 0.1) is 5.92 Å². The van der Waals surface area contributed by atoms with Gasteiger partial charge >= 0.3 is 39.5 Å². The highest BCUT2D eigenvalue weighted by atomic mass is 31.2. The molecule has 5 atom stereocenters. The summed E-state index contributed by atoms with van der Waals surface area (Å²) in [5, 5.41) is 10.6. The second-order valence-electron chi connectivity index (χ2n) is 26.5. The Morgan fingerprint density at radius 3 is 0.747 bits per heavy atom. The van der Waals surface area contributed by atoms with E-state index in [0.717, 1.165) is 95.8 Å². The zero-order valence-corrected chi connectivity index (χ0v) is 60.8. The Morgan fingerprint density at radius 1 is 0.297 bits per heavy atom. The highest BCUT2D eigenvalue weighted by molar-refractivity contribution is 7.47. The number of hydrogen-bond acceptors (Lipinski definition) is 15. The molecule has 0 saturated heterocycles. The summed E-state index contributed by atoms with van der Waals surface area (Å²) in [5.41, 5.74) is 0. The van der Waals surface area contributed by atoms with Crippen LogP contribution in [0.5, 0.6) is 0 Å². The van der Waals surface area contributed by atoms with Gasteiger partial charge in [-0.1, -0.05) is 324 Å². The van der Waals surface area contributed by atoms with Crippen molar-refractivity contribution in [2.75, 3.05) is 39.6 Å². The fourth-order valence-electron chi connectivity index (χ4n) is 11.0. The Hall–Kier alpha value is -1.94. The summed E-state index contributed by atoms with van der Waals surface area (Å²) in [6.07, 6.45) is 52.5. The minimum Gasteiger partial charge on any atom is -0.462 e. The first kappa shape index (κ1) is 89.1. The number of carbonyl (C=O) groups excluding carboxylic acids is 4. The number of phosphoric acid groups is 2. The molecule has 0 fully saturated rings. The quantitative estimate of drug-likeness (QED) is 0.0222. The summed E-state index contributed by atoms with van der Waals surface area (Å²) in [5.74, 6) is -1.34. The first-order valence-corrected chi connectivity index (χ1v) is 40.6. The molecule has 17 nitrogen and oxygen atoms in total. The van der Waals surface area contributed by atoms with E-state index in [1.165, 1.54) is 199 Å². The summed E-state index contributed by atoms with van der Waals surface area (Å²) >= 11 is 0. The van der Waals surface area contributed by atoms with E-state index in [1.54, 1.807) is 0 Å². The predicted molar refractivity (Wildman–Crippen MR) is 368 cm³/mol. The molecule has 3 N–H and O–H groups in total. The third kappa shape index (κ3) is 66.5. The molecule has 0 bridgehead atoms. The average molecular weight is 1340 g/mol. The zero-order valence-electron chi connectivity index (χ0n) is 59.0. The topological polar surface area (TPSA) is 237 Å². The van der Waals surface area contributed by atoms with Crippen molar-refractivity contribution in [3.8, 4) is 0 Å². The number of carbonyl (C=O) groups is 4. The van der Waals surface area contributed by atoms with E-state index in [9.17, 15) is 43.2 Å². The molecule has 19 heteroatoms. The van der Waals surface area contributed by atoms with Crippen LogP contribution < -0.4 is 0 Å². The molecule has 0 aliphatic heterocycles. The number of hydrogen-bond donors (Lipinski definition) is 3. The summed E-state index contributed by atoms with van der Waals surface area (Å²) in [6.45, 7) is 7.27. The van der Waals surface area contributed by atoms with Crippen molar-refractivity contribution in [3.63, 3.8) is 0 Å². The highest BCUT2D eigenvalue weighted by Gasteiger charge is 2.30.